The van der Waals surface area contributed by atoms with Crippen molar-refractivity contribution in [3.8, 4) is 0 Å². The second-order valence-electron chi connectivity index (χ2n) is 6.66. The van der Waals surface area contributed by atoms with E-state index in [-0.39, 0.29) is 5.91 Å². The monoisotopic (exact) mass is 362 g/mol. The summed E-state index contributed by atoms with van der Waals surface area (Å²) in [5.74, 6) is 0.534. The van der Waals surface area contributed by atoms with E-state index in [0.29, 0.717) is 18.8 Å². The first-order valence-corrected chi connectivity index (χ1v) is 9.27. The SMILES string of the molecule is O=C(CCc1n[nH]c2c1CCCC2)Nc1ccc(Nc2ncccn2)cc1. The number of aromatic nitrogens is 4. The van der Waals surface area contributed by atoms with Crippen LogP contribution in [-0.2, 0) is 24.1 Å². The van der Waals surface area contributed by atoms with Gasteiger partial charge >= 0.3 is 0 Å². The summed E-state index contributed by atoms with van der Waals surface area (Å²) in [7, 11) is 0. The zero-order valence-electron chi connectivity index (χ0n) is 15.0. The number of anilines is 3. The van der Waals surface area contributed by atoms with E-state index < -0.39 is 0 Å². The molecule has 1 amide bonds. The summed E-state index contributed by atoms with van der Waals surface area (Å²) >= 11 is 0. The number of nitrogens with one attached hydrogen (secondary N) is 3. The second-order valence-corrected chi connectivity index (χ2v) is 6.66. The van der Waals surface area contributed by atoms with Gasteiger partial charge in [0, 0.05) is 42.3 Å². The summed E-state index contributed by atoms with van der Waals surface area (Å²) in [6, 6.07) is 9.26. The summed E-state index contributed by atoms with van der Waals surface area (Å²) < 4.78 is 0. The van der Waals surface area contributed by atoms with E-state index in [0.717, 1.165) is 29.9 Å². The Kier molecular flexibility index (Phi) is 5.09. The molecule has 4 rings (SSSR count). The van der Waals surface area contributed by atoms with Crippen molar-refractivity contribution in [1.82, 2.24) is 20.2 Å². The van der Waals surface area contributed by atoms with Crippen molar-refractivity contribution in [3.05, 3.63) is 59.7 Å². The van der Waals surface area contributed by atoms with Gasteiger partial charge in [-0.2, -0.15) is 5.10 Å². The highest BCUT2D eigenvalue weighted by molar-refractivity contribution is 5.91. The summed E-state index contributed by atoms with van der Waals surface area (Å²) in [5, 5.41) is 13.6. The molecule has 0 bridgehead atoms. The molecule has 2 aromatic heterocycles. The number of aromatic amines is 1. The van der Waals surface area contributed by atoms with Crippen LogP contribution in [0.4, 0.5) is 17.3 Å². The van der Waals surface area contributed by atoms with Crippen LogP contribution in [0.15, 0.2) is 42.7 Å². The summed E-state index contributed by atoms with van der Waals surface area (Å²) in [6.45, 7) is 0. The average Bonchev–Trinajstić information content (AvgIpc) is 3.12. The molecule has 2 heterocycles. The van der Waals surface area contributed by atoms with Crippen molar-refractivity contribution in [1.29, 1.82) is 0 Å². The Labute approximate surface area is 157 Å². The molecule has 3 N–H and O–H groups in total. The number of carbonyl (C=O) groups excluding carboxylic acids is 1. The highest BCUT2D eigenvalue weighted by Crippen LogP contribution is 2.23. The van der Waals surface area contributed by atoms with Gasteiger partial charge in [-0.1, -0.05) is 0 Å². The first-order chi connectivity index (χ1) is 13.3. The van der Waals surface area contributed by atoms with Gasteiger partial charge in [0.2, 0.25) is 11.9 Å². The summed E-state index contributed by atoms with van der Waals surface area (Å²) in [4.78, 5) is 20.5. The Bertz CT molecular complexity index is 904. The van der Waals surface area contributed by atoms with Gasteiger partial charge in [-0.25, -0.2) is 9.97 Å². The van der Waals surface area contributed by atoms with Crippen molar-refractivity contribution in [2.75, 3.05) is 10.6 Å². The fraction of sp³-hybridized carbons (Fsp3) is 0.300. The maximum atomic E-state index is 12.3. The quantitative estimate of drug-likeness (QED) is 0.625. The zero-order valence-corrected chi connectivity index (χ0v) is 15.0. The van der Waals surface area contributed by atoms with Crippen molar-refractivity contribution < 1.29 is 4.79 Å². The molecule has 0 aliphatic heterocycles. The maximum Gasteiger partial charge on any atom is 0.227 e. The Morgan fingerprint density at radius 2 is 1.78 bits per heavy atom. The molecule has 0 saturated heterocycles. The maximum absolute atomic E-state index is 12.3. The van der Waals surface area contributed by atoms with Crippen LogP contribution < -0.4 is 10.6 Å². The standard InChI is InChI=1S/C20H22N6O/c27-19(11-10-18-16-4-1-2-5-17(16)25-26-18)23-14-6-8-15(9-7-14)24-20-21-12-3-13-22-20/h3,6-9,12-13H,1-2,4-5,10-11H2,(H,23,27)(H,25,26)(H,21,22,24). The van der Waals surface area contributed by atoms with Gasteiger partial charge in [0.15, 0.2) is 0 Å². The van der Waals surface area contributed by atoms with Gasteiger partial charge in [-0.15, -0.1) is 0 Å². The molecule has 3 aromatic rings. The Morgan fingerprint density at radius 3 is 2.59 bits per heavy atom. The zero-order chi connectivity index (χ0) is 18.5. The fourth-order valence-electron chi connectivity index (χ4n) is 3.34. The van der Waals surface area contributed by atoms with Crippen molar-refractivity contribution in [2.45, 2.75) is 38.5 Å². The molecule has 0 spiro atoms. The average molecular weight is 362 g/mol. The number of hydrogen-bond acceptors (Lipinski definition) is 5. The van der Waals surface area contributed by atoms with Crippen LogP contribution >= 0.6 is 0 Å². The van der Waals surface area contributed by atoms with Gasteiger partial charge in [-0.3, -0.25) is 9.89 Å². The number of hydrogen-bond donors (Lipinski definition) is 3. The lowest BCUT2D eigenvalue weighted by molar-refractivity contribution is -0.116. The van der Waals surface area contributed by atoms with Crippen molar-refractivity contribution in [2.24, 2.45) is 0 Å². The minimum Gasteiger partial charge on any atom is -0.326 e. The van der Waals surface area contributed by atoms with Gasteiger partial charge in [0.25, 0.3) is 0 Å². The number of nitrogens with zero attached hydrogens (tertiary/aromatic N) is 3. The van der Waals surface area contributed by atoms with Gasteiger partial charge in [-0.05, 0) is 61.6 Å². The Hall–Kier alpha value is -3.22. The molecule has 1 aliphatic rings. The number of benzene rings is 1. The smallest absolute Gasteiger partial charge is 0.227 e. The largest absolute Gasteiger partial charge is 0.326 e. The minimum atomic E-state index is -0.00494. The number of carbonyl (C=O) groups is 1. The molecule has 0 fully saturated rings. The van der Waals surface area contributed by atoms with E-state index in [1.165, 1.54) is 24.1 Å². The van der Waals surface area contributed by atoms with E-state index in [4.69, 9.17) is 0 Å². The molecule has 1 aromatic carbocycles. The van der Waals surface area contributed by atoms with Crippen LogP contribution in [-0.4, -0.2) is 26.1 Å². The van der Waals surface area contributed by atoms with E-state index in [9.17, 15) is 4.79 Å². The number of aryl methyl sites for hydroxylation is 2. The number of H-pyrrole nitrogens is 1. The normalized spacial score (nSPS) is 13.0. The molecule has 0 unspecified atom stereocenters. The van der Waals surface area contributed by atoms with Crippen molar-refractivity contribution >= 4 is 23.2 Å². The number of rotatable bonds is 6. The minimum absolute atomic E-state index is 0.00494. The van der Waals surface area contributed by atoms with Crippen LogP contribution in [0.1, 0.15) is 36.2 Å². The predicted molar refractivity (Wildman–Crippen MR) is 104 cm³/mol. The first kappa shape index (κ1) is 17.2. The number of amides is 1. The van der Waals surface area contributed by atoms with Crippen LogP contribution in [0, 0.1) is 0 Å². The molecular formula is C20H22N6O. The molecule has 0 atom stereocenters. The highest BCUT2D eigenvalue weighted by atomic mass is 16.1. The van der Waals surface area contributed by atoms with Crippen molar-refractivity contribution in [3.63, 3.8) is 0 Å². The van der Waals surface area contributed by atoms with Crippen LogP contribution in [0.25, 0.3) is 0 Å². The first-order valence-electron chi connectivity index (χ1n) is 9.27. The molecule has 1 aliphatic carbocycles. The number of fused-ring (bicyclic) bond motifs is 1. The molecule has 138 valence electrons. The molecule has 0 radical (unpaired) electrons. The van der Waals surface area contributed by atoms with E-state index in [1.54, 1.807) is 18.5 Å². The molecule has 27 heavy (non-hydrogen) atoms. The lowest BCUT2D eigenvalue weighted by Crippen LogP contribution is -2.13. The third-order valence-corrected chi connectivity index (χ3v) is 4.72. The molecular weight excluding hydrogens is 340 g/mol. The Morgan fingerprint density at radius 1 is 1.04 bits per heavy atom. The molecule has 7 nitrogen and oxygen atoms in total. The van der Waals surface area contributed by atoms with Gasteiger partial charge < -0.3 is 10.6 Å². The van der Waals surface area contributed by atoms with Crippen LogP contribution in [0.2, 0.25) is 0 Å². The van der Waals surface area contributed by atoms with E-state index in [1.807, 2.05) is 24.3 Å². The molecule has 7 heteroatoms. The van der Waals surface area contributed by atoms with E-state index >= 15 is 0 Å². The third kappa shape index (κ3) is 4.31. The highest BCUT2D eigenvalue weighted by Gasteiger charge is 2.17. The topological polar surface area (TPSA) is 95.6 Å². The predicted octanol–water partition coefficient (Wildman–Crippen LogP) is 3.39. The summed E-state index contributed by atoms with van der Waals surface area (Å²) in [6.07, 6.45) is 9.03. The van der Waals surface area contributed by atoms with E-state index in [2.05, 4.69) is 30.8 Å². The van der Waals surface area contributed by atoms with Gasteiger partial charge in [0.05, 0.1) is 5.69 Å². The fourth-order valence-corrected chi connectivity index (χ4v) is 3.34. The second kappa shape index (κ2) is 7.99. The third-order valence-electron chi connectivity index (χ3n) is 4.72. The summed E-state index contributed by atoms with van der Waals surface area (Å²) in [5.41, 5.74) is 5.25. The lowest BCUT2D eigenvalue weighted by atomic mass is 9.94. The van der Waals surface area contributed by atoms with Crippen LogP contribution in [0.3, 0.4) is 0 Å². The van der Waals surface area contributed by atoms with Crippen LogP contribution in [0.5, 0.6) is 0 Å². The Balaban J connectivity index is 1.30. The van der Waals surface area contributed by atoms with Gasteiger partial charge in [0.1, 0.15) is 0 Å². The molecule has 0 saturated carbocycles. The lowest BCUT2D eigenvalue weighted by Gasteiger charge is -2.11.